The molecule has 0 aliphatic carbocycles. The Labute approximate surface area is 203 Å². The molecule has 3 aromatic carbocycles. The van der Waals surface area contributed by atoms with E-state index in [1.807, 2.05) is 62.4 Å². The summed E-state index contributed by atoms with van der Waals surface area (Å²) in [4.78, 5) is 15.4. The van der Waals surface area contributed by atoms with Crippen molar-refractivity contribution in [2.45, 2.75) is 26.8 Å². The molecule has 2 heterocycles. The summed E-state index contributed by atoms with van der Waals surface area (Å²) in [6, 6.07) is 15.4. The van der Waals surface area contributed by atoms with Crippen LogP contribution in [0.4, 0.5) is 0 Å². The second-order valence-corrected chi connectivity index (χ2v) is 9.33. The van der Waals surface area contributed by atoms with Crippen LogP contribution in [0.5, 0.6) is 11.5 Å². The average molecular weight is 480 g/mol. The minimum atomic E-state index is -0.0846. The molecule has 4 nitrogen and oxygen atoms in total. The van der Waals surface area contributed by atoms with Crippen LogP contribution >= 0.6 is 23.2 Å². The molecule has 0 bridgehead atoms. The predicted molar refractivity (Wildman–Crippen MR) is 131 cm³/mol. The van der Waals surface area contributed by atoms with Crippen LogP contribution in [0.2, 0.25) is 10.0 Å². The Morgan fingerprint density at radius 1 is 1.06 bits per heavy atom. The van der Waals surface area contributed by atoms with Crippen molar-refractivity contribution in [1.82, 2.24) is 4.90 Å². The van der Waals surface area contributed by atoms with E-state index in [2.05, 4.69) is 4.90 Å². The number of halogens is 2. The molecule has 0 fully saturated rings. The molecule has 0 unspecified atom stereocenters. The van der Waals surface area contributed by atoms with Crippen molar-refractivity contribution < 1.29 is 14.3 Å². The maximum atomic E-state index is 13.2. The third-order valence-electron chi connectivity index (χ3n) is 6.18. The Morgan fingerprint density at radius 2 is 1.88 bits per heavy atom. The molecular weight excluding hydrogens is 457 g/mol. The maximum Gasteiger partial charge on any atom is 0.232 e. The van der Waals surface area contributed by atoms with Crippen LogP contribution in [0.15, 0.2) is 54.3 Å². The molecule has 168 valence electrons. The van der Waals surface area contributed by atoms with E-state index in [1.165, 1.54) is 0 Å². The van der Waals surface area contributed by atoms with E-state index < -0.39 is 0 Å². The first-order chi connectivity index (χ1) is 15.9. The van der Waals surface area contributed by atoms with Crippen molar-refractivity contribution in [3.8, 4) is 11.5 Å². The van der Waals surface area contributed by atoms with Crippen molar-refractivity contribution in [1.29, 1.82) is 0 Å². The Bertz CT molecular complexity index is 1300. The number of hydrogen-bond donors (Lipinski definition) is 0. The zero-order valence-electron chi connectivity index (χ0n) is 18.5. The molecule has 2 aliphatic rings. The summed E-state index contributed by atoms with van der Waals surface area (Å²) in [6.45, 7) is 5.80. The summed E-state index contributed by atoms with van der Waals surface area (Å²) in [5, 5.41) is 1.29. The van der Waals surface area contributed by atoms with Gasteiger partial charge in [0.2, 0.25) is 5.78 Å². The van der Waals surface area contributed by atoms with E-state index in [1.54, 1.807) is 6.07 Å². The Kier molecular flexibility index (Phi) is 5.92. The normalized spacial score (nSPS) is 16.4. The topological polar surface area (TPSA) is 38.8 Å². The third-order valence-corrected chi connectivity index (χ3v) is 6.76. The van der Waals surface area contributed by atoms with Gasteiger partial charge in [-0.2, -0.15) is 0 Å². The summed E-state index contributed by atoms with van der Waals surface area (Å²) in [5.41, 5.74) is 5.49. The monoisotopic (exact) mass is 479 g/mol. The Balaban J connectivity index is 1.40. The first-order valence-electron chi connectivity index (χ1n) is 10.9. The molecular formula is C27H23Cl2NO3. The Morgan fingerprint density at radius 3 is 2.67 bits per heavy atom. The van der Waals surface area contributed by atoms with Crippen molar-refractivity contribution in [2.24, 2.45) is 0 Å². The number of ketones is 1. The van der Waals surface area contributed by atoms with Crippen LogP contribution in [0, 0.1) is 13.8 Å². The second-order valence-electron chi connectivity index (χ2n) is 8.48. The first kappa shape index (κ1) is 22.0. The molecule has 5 rings (SSSR count). The molecule has 33 heavy (non-hydrogen) atoms. The summed E-state index contributed by atoms with van der Waals surface area (Å²) in [5.74, 6) is 1.65. The largest absolute Gasteiger partial charge is 0.478 e. The lowest BCUT2D eigenvalue weighted by Crippen LogP contribution is -2.34. The first-order valence-corrected chi connectivity index (χ1v) is 11.6. The molecule has 2 aliphatic heterocycles. The van der Waals surface area contributed by atoms with E-state index in [-0.39, 0.29) is 5.78 Å². The van der Waals surface area contributed by atoms with Crippen LogP contribution in [0.3, 0.4) is 0 Å². The van der Waals surface area contributed by atoms with Crippen molar-refractivity contribution >= 4 is 35.1 Å². The zero-order chi connectivity index (χ0) is 23.1. The summed E-state index contributed by atoms with van der Waals surface area (Å²) in [6.07, 6.45) is 2.59. The molecule has 0 N–H and O–H groups in total. The predicted octanol–water partition coefficient (Wildman–Crippen LogP) is 6.62. The summed E-state index contributed by atoms with van der Waals surface area (Å²) in [7, 11) is 0. The average Bonchev–Trinajstić information content (AvgIpc) is 3.12. The lowest BCUT2D eigenvalue weighted by molar-refractivity contribution is 0.0949. The number of aryl methyl sites for hydroxylation is 2. The Hall–Kier alpha value is -2.79. The van der Waals surface area contributed by atoms with Gasteiger partial charge in [0, 0.05) is 23.1 Å². The van der Waals surface area contributed by atoms with Gasteiger partial charge < -0.3 is 9.47 Å². The van der Waals surface area contributed by atoms with Gasteiger partial charge in [-0.1, -0.05) is 53.5 Å². The van der Waals surface area contributed by atoms with Gasteiger partial charge >= 0.3 is 0 Å². The number of fused-ring (bicyclic) bond motifs is 3. The van der Waals surface area contributed by atoms with E-state index in [4.69, 9.17) is 32.7 Å². The minimum absolute atomic E-state index is 0.0846. The van der Waals surface area contributed by atoms with Gasteiger partial charge in [-0.05, 0) is 66.8 Å². The van der Waals surface area contributed by atoms with Gasteiger partial charge in [0.15, 0.2) is 5.76 Å². The SMILES string of the molecule is Cc1ccccc1/C=C1/Oc2c3c(cc(C)c2C1=O)OCN(CCc1ccc(Cl)cc1Cl)C3. The number of benzene rings is 3. The molecule has 6 heteroatoms. The number of Topliss-reactive ketones (excluding diaryl/α,β-unsaturated/α-hetero) is 1. The fraction of sp³-hybridized carbons (Fsp3) is 0.222. The van der Waals surface area contributed by atoms with E-state index in [0.29, 0.717) is 40.4 Å². The highest BCUT2D eigenvalue weighted by atomic mass is 35.5. The third kappa shape index (κ3) is 4.26. The van der Waals surface area contributed by atoms with Crippen LogP contribution < -0.4 is 9.47 Å². The number of hydrogen-bond acceptors (Lipinski definition) is 4. The molecule has 0 saturated carbocycles. The van der Waals surface area contributed by atoms with Gasteiger partial charge in [0.25, 0.3) is 0 Å². The summed E-state index contributed by atoms with van der Waals surface area (Å²) >= 11 is 12.3. The van der Waals surface area contributed by atoms with Crippen LogP contribution in [-0.2, 0) is 13.0 Å². The maximum absolute atomic E-state index is 13.2. The highest BCUT2D eigenvalue weighted by Crippen LogP contribution is 2.44. The number of rotatable bonds is 4. The molecule has 0 spiro atoms. The van der Waals surface area contributed by atoms with Crippen molar-refractivity contribution in [3.05, 3.63) is 97.7 Å². The van der Waals surface area contributed by atoms with Gasteiger partial charge in [-0.15, -0.1) is 0 Å². The highest BCUT2D eigenvalue weighted by Gasteiger charge is 2.35. The van der Waals surface area contributed by atoms with Gasteiger partial charge in [-0.3, -0.25) is 9.69 Å². The van der Waals surface area contributed by atoms with Crippen molar-refractivity contribution in [2.75, 3.05) is 13.3 Å². The quantitative estimate of drug-likeness (QED) is 0.394. The lowest BCUT2D eigenvalue weighted by Gasteiger charge is -2.30. The molecule has 0 amide bonds. The van der Waals surface area contributed by atoms with E-state index >= 15 is 0 Å². The number of carbonyl (C=O) groups is 1. The van der Waals surface area contributed by atoms with Gasteiger partial charge in [0.05, 0.1) is 11.1 Å². The number of nitrogens with zero attached hydrogens (tertiary/aromatic N) is 1. The fourth-order valence-corrected chi connectivity index (χ4v) is 4.82. The van der Waals surface area contributed by atoms with Gasteiger partial charge in [-0.25, -0.2) is 0 Å². The molecule has 0 aromatic heterocycles. The van der Waals surface area contributed by atoms with Crippen molar-refractivity contribution in [3.63, 3.8) is 0 Å². The number of allylic oxidation sites excluding steroid dienone is 1. The smallest absolute Gasteiger partial charge is 0.232 e. The molecule has 0 saturated heterocycles. The van der Waals surface area contributed by atoms with Gasteiger partial charge in [0.1, 0.15) is 18.2 Å². The van der Waals surface area contributed by atoms with Crippen LogP contribution in [-0.4, -0.2) is 24.0 Å². The molecule has 3 aromatic rings. The highest BCUT2D eigenvalue weighted by molar-refractivity contribution is 6.35. The fourth-order valence-electron chi connectivity index (χ4n) is 4.31. The molecule has 0 atom stereocenters. The zero-order valence-corrected chi connectivity index (χ0v) is 20.0. The van der Waals surface area contributed by atoms with Crippen LogP contribution in [0.25, 0.3) is 6.08 Å². The second kappa shape index (κ2) is 8.86. The standard InChI is InChI=1S/C27H23Cl2NO3/c1-16-5-3-4-6-19(16)12-24-26(31)25-17(2)11-23-21(27(25)33-24)14-30(15-32-23)10-9-18-7-8-20(28)13-22(18)29/h3-8,11-13H,9-10,14-15H2,1-2H3/b24-12+. The van der Waals surface area contributed by atoms with Crippen LogP contribution in [0.1, 0.15) is 38.2 Å². The van der Waals surface area contributed by atoms with E-state index in [0.717, 1.165) is 46.5 Å². The number of carbonyl (C=O) groups excluding carboxylic acids is 1. The minimum Gasteiger partial charge on any atom is -0.478 e. The summed E-state index contributed by atoms with van der Waals surface area (Å²) < 4.78 is 12.2. The molecule has 0 radical (unpaired) electrons. The lowest BCUT2D eigenvalue weighted by atomic mass is 9.98. The van der Waals surface area contributed by atoms with E-state index in [9.17, 15) is 4.79 Å². The number of ether oxygens (including phenoxy) is 2.